The Labute approximate surface area is 133 Å². The molecule has 2 aromatic carbocycles. The summed E-state index contributed by atoms with van der Waals surface area (Å²) in [4.78, 5) is 14.2. The zero-order chi connectivity index (χ0) is 15.8. The van der Waals surface area contributed by atoms with E-state index in [0.717, 1.165) is 24.2 Å². The van der Waals surface area contributed by atoms with Crippen LogP contribution in [0.4, 0.5) is 5.69 Å². The summed E-state index contributed by atoms with van der Waals surface area (Å²) >= 11 is 0. The van der Waals surface area contributed by atoms with Crippen LogP contribution in [-0.2, 0) is 17.8 Å². The van der Waals surface area contributed by atoms with Crippen LogP contribution in [0, 0.1) is 0 Å². The molecule has 0 aromatic heterocycles. The number of benzene rings is 2. The maximum atomic E-state index is 11.9. The van der Waals surface area contributed by atoms with Gasteiger partial charge in [0.15, 0.2) is 0 Å². The summed E-state index contributed by atoms with van der Waals surface area (Å²) in [6.07, 6.45) is 0.429. The van der Waals surface area contributed by atoms with Crippen molar-refractivity contribution in [2.24, 2.45) is 0 Å². The van der Waals surface area contributed by atoms with Gasteiger partial charge in [-0.3, -0.25) is 4.79 Å². The quantitative estimate of drug-likeness (QED) is 0.849. The lowest BCUT2D eigenvalue weighted by molar-refractivity contribution is -0.120. The van der Waals surface area contributed by atoms with E-state index in [0.29, 0.717) is 13.0 Å². The molecule has 116 valence electrons. The van der Waals surface area contributed by atoms with Gasteiger partial charge in [-0.15, -0.1) is 0 Å². The van der Waals surface area contributed by atoms with E-state index in [1.165, 1.54) is 5.69 Å². The van der Waals surface area contributed by atoms with Gasteiger partial charge in [0.05, 0.1) is 6.42 Å². The van der Waals surface area contributed by atoms with Crippen molar-refractivity contribution < 1.29 is 4.79 Å². The number of nitrogens with zero attached hydrogens (tertiary/aromatic N) is 1. The highest BCUT2D eigenvalue weighted by Crippen LogP contribution is 2.14. The van der Waals surface area contributed by atoms with Crippen molar-refractivity contribution in [2.45, 2.75) is 26.8 Å². The summed E-state index contributed by atoms with van der Waals surface area (Å²) in [5.41, 5.74) is 3.39. The standard InChI is InChI=1S/C19H24N2O/c1-3-21(4-2)18-12-10-17(11-13-18)15-20-19(22)14-16-8-6-5-7-9-16/h5-13H,3-4,14-15H2,1-2H3,(H,20,22). The van der Waals surface area contributed by atoms with Gasteiger partial charge >= 0.3 is 0 Å². The molecule has 0 aliphatic rings. The van der Waals surface area contributed by atoms with E-state index in [-0.39, 0.29) is 5.91 Å². The Morgan fingerprint density at radius 3 is 2.14 bits per heavy atom. The largest absolute Gasteiger partial charge is 0.372 e. The molecule has 2 aromatic rings. The Kier molecular flexibility index (Phi) is 6.01. The fourth-order valence-electron chi connectivity index (χ4n) is 2.46. The smallest absolute Gasteiger partial charge is 0.224 e. The van der Waals surface area contributed by atoms with Gasteiger partial charge in [0.25, 0.3) is 0 Å². The average molecular weight is 296 g/mol. The van der Waals surface area contributed by atoms with Crippen molar-refractivity contribution >= 4 is 11.6 Å². The molecule has 3 nitrogen and oxygen atoms in total. The fraction of sp³-hybridized carbons (Fsp3) is 0.316. The minimum Gasteiger partial charge on any atom is -0.372 e. The zero-order valence-corrected chi connectivity index (χ0v) is 13.4. The van der Waals surface area contributed by atoms with Crippen LogP contribution in [-0.4, -0.2) is 19.0 Å². The molecule has 0 aliphatic carbocycles. The molecule has 2 rings (SSSR count). The monoisotopic (exact) mass is 296 g/mol. The summed E-state index contributed by atoms with van der Waals surface area (Å²) in [7, 11) is 0. The van der Waals surface area contributed by atoms with Gasteiger partial charge in [-0.05, 0) is 37.1 Å². The molecule has 0 saturated carbocycles. The van der Waals surface area contributed by atoms with Gasteiger partial charge in [-0.2, -0.15) is 0 Å². The molecule has 0 aliphatic heterocycles. The van der Waals surface area contributed by atoms with E-state index in [9.17, 15) is 4.79 Å². The van der Waals surface area contributed by atoms with Gasteiger partial charge in [-0.1, -0.05) is 42.5 Å². The number of hydrogen-bond donors (Lipinski definition) is 1. The van der Waals surface area contributed by atoms with Crippen LogP contribution in [0.1, 0.15) is 25.0 Å². The molecule has 3 heteroatoms. The molecule has 0 fully saturated rings. The van der Waals surface area contributed by atoms with Crippen LogP contribution >= 0.6 is 0 Å². The van der Waals surface area contributed by atoms with Crippen molar-refractivity contribution in [1.29, 1.82) is 0 Å². The van der Waals surface area contributed by atoms with Crippen LogP contribution in [0.25, 0.3) is 0 Å². The average Bonchev–Trinajstić information content (AvgIpc) is 2.56. The molecule has 1 amide bonds. The number of carbonyl (C=O) groups excluding carboxylic acids is 1. The second-order valence-electron chi connectivity index (χ2n) is 5.28. The highest BCUT2D eigenvalue weighted by atomic mass is 16.1. The highest BCUT2D eigenvalue weighted by Gasteiger charge is 2.04. The maximum absolute atomic E-state index is 11.9. The Morgan fingerprint density at radius 1 is 0.909 bits per heavy atom. The molecule has 0 bridgehead atoms. The molecule has 0 radical (unpaired) electrons. The predicted molar refractivity (Wildman–Crippen MR) is 92.0 cm³/mol. The van der Waals surface area contributed by atoms with Crippen LogP contribution < -0.4 is 10.2 Å². The van der Waals surface area contributed by atoms with Crippen LogP contribution in [0.15, 0.2) is 54.6 Å². The summed E-state index contributed by atoms with van der Waals surface area (Å²) in [6, 6.07) is 18.2. The number of nitrogens with one attached hydrogen (secondary N) is 1. The van der Waals surface area contributed by atoms with E-state index in [1.54, 1.807) is 0 Å². The summed E-state index contributed by atoms with van der Waals surface area (Å²) < 4.78 is 0. The first kappa shape index (κ1) is 16.1. The minimum absolute atomic E-state index is 0.0546. The Hall–Kier alpha value is -2.29. The van der Waals surface area contributed by atoms with Crippen LogP contribution in [0.3, 0.4) is 0 Å². The van der Waals surface area contributed by atoms with Gasteiger partial charge in [0.2, 0.25) is 5.91 Å². The summed E-state index contributed by atoms with van der Waals surface area (Å²) in [6.45, 7) is 6.89. The van der Waals surface area contributed by atoms with Crippen molar-refractivity contribution in [3.63, 3.8) is 0 Å². The van der Waals surface area contributed by atoms with Crippen LogP contribution in [0.2, 0.25) is 0 Å². The molecular weight excluding hydrogens is 272 g/mol. The Balaban J connectivity index is 1.85. The van der Waals surface area contributed by atoms with E-state index >= 15 is 0 Å². The molecule has 1 N–H and O–H groups in total. The first-order valence-corrected chi connectivity index (χ1v) is 7.87. The van der Waals surface area contributed by atoms with Gasteiger partial charge in [0.1, 0.15) is 0 Å². The van der Waals surface area contributed by atoms with Gasteiger partial charge in [0, 0.05) is 25.3 Å². The molecule has 0 spiro atoms. The second-order valence-corrected chi connectivity index (χ2v) is 5.28. The summed E-state index contributed by atoms with van der Waals surface area (Å²) in [5, 5.41) is 2.97. The SMILES string of the molecule is CCN(CC)c1ccc(CNC(=O)Cc2ccccc2)cc1. The topological polar surface area (TPSA) is 32.3 Å². The van der Waals surface area contributed by atoms with E-state index in [2.05, 4.69) is 48.3 Å². The number of carbonyl (C=O) groups is 1. The third-order valence-corrected chi connectivity index (χ3v) is 3.76. The number of rotatable bonds is 7. The highest BCUT2D eigenvalue weighted by molar-refractivity contribution is 5.78. The van der Waals surface area contributed by atoms with E-state index in [4.69, 9.17) is 0 Å². The van der Waals surface area contributed by atoms with Crippen molar-refractivity contribution in [3.8, 4) is 0 Å². The Morgan fingerprint density at radius 2 is 1.55 bits per heavy atom. The second kappa shape index (κ2) is 8.23. The molecular formula is C19H24N2O. The lowest BCUT2D eigenvalue weighted by atomic mass is 10.1. The van der Waals surface area contributed by atoms with Crippen LogP contribution in [0.5, 0.6) is 0 Å². The molecule has 0 unspecified atom stereocenters. The fourth-order valence-corrected chi connectivity index (χ4v) is 2.46. The molecule has 0 atom stereocenters. The molecule has 0 heterocycles. The number of amides is 1. The first-order valence-electron chi connectivity index (χ1n) is 7.87. The first-order chi connectivity index (χ1) is 10.7. The predicted octanol–water partition coefficient (Wildman–Crippen LogP) is 3.39. The third kappa shape index (κ3) is 4.62. The van der Waals surface area contributed by atoms with Crippen molar-refractivity contribution in [3.05, 3.63) is 65.7 Å². The minimum atomic E-state index is 0.0546. The van der Waals surface area contributed by atoms with E-state index < -0.39 is 0 Å². The van der Waals surface area contributed by atoms with Crippen molar-refractivity contribution in [2.75, 3.05) is 18.0 Å². The van der Waals surface area contributed by atoms with Crippen molar-refractivity contribution in [1.82, 2.24) is 5.32 Å². The lowest BCUT2D eigenvalue weighted by Crippen LogP contribution is -2.24. The van der Waals surface area contributed by atoms with E-state index in [1.807, 2.05) is 30.3 Å². The normalized spacial score (nSPS) is 10.3. The van der Waals surface area contributed by atoms with Gasteiger partial charge in [-0.25, -0.2) is 0 Å². The zero-order valence-electron chi connectivity index (χ0n) is 13.4. The third-order valence-electron chi connectivity index (χ3n) is 3.76. The number of hydrogen-bond acceptors (Lipinski definition) is 2. The maximum Gasteiger partial charge on any atom is 0.224 e. The number of anilines is 1. The lowest BCUT2D eigenvalue weighted by Gasteiger charge is -2.21. The summed E-state index contributed by atoms with van der Waals surface area (Å²) in [5.74, 6) is 0.0546. The van der Waals surface area contributed by atoms with Gasteiger partial charge < -0.3 is 10.2 Å². The molecule has 22 heavy (non-hydrogen) atoms. The Bertz CT molecular complexity index is 574. The molecule has 0 saturated heterocycles.